The van der Waals surface area contributed by atoms with Gasteiger partial charge in [-0.15, -0.1) is 0 Å². The molecule has 2 saturated heterocycles. The van der Waals surface area contributed by atoms with Crippen molar-refractivity contribution in [3.05, 3.63) is 34.3 Å². The van der Waals surface area contributed by atoms with Crippen LogP contribution in [-0.2, 0) is 4.79 Å². The van der Waals surface area contributed by atoms with Crippen LogP contribution < -0.4 is 0 Å². The van der Waals surface area contributed by atoms with Gasteiger partial charge in [0.05, 0.1) is 5.92 Å². The van der Waals surface area contributed by atoms with Crippen molar-refractivity contribution in [2.45, 2.75) is 38.3 Å². The minimum Gasteiger partial charge on any atom is -0.481 e. The van der Waals surface area contributed by atoms with Crippen molar-refractivity contribution in [1.29, 1.82) is 0 Å². The molecule has 2 aliphatic heterocycles. The third kappa shape index (κ3) is 1.90. The van der Waals surface area contributed by atoms with Crippen LogP contribution in [0.4, 0.5) is 0 Å². The molecule has 2 aliphatic rings. The van der Waals surface area contributed by atoms with Gasteiger partial charge in [-0.05, 0) is 43.9 Å². The van der Waals surface area contributed by atoms with Crippen molar-refractivity contribution in [2.24, 2.45) is 5.92 Å². The fourth-order valence-electron chi connectivity index (χ4n) is 3.55. The molecule has 1 aromatic carbocycles. The van der Waals surface area contributed by atoms with Gasteiger partial charge in [-0.25, -0.2) is 0 Å². The zero-order chi connectivity index (χ0) is 14.4. The van der Waals surface area contributed by atoms with Gasteiger partial charge in [-0.2, -0.15) is 0 Å². The van der Waals surface area contributed by atoms with Crippen LogP contribution in [0.1, 0.15) is 35.2 Å². The number of carboxylic acid groups (broad SMARTS) is 1. The number of nitrogens with zero attached hydrogens (tertiary/aromatic N) is 1. The zero-order valence-corrected chi connectivity index (χ0v) is 11.9. The Morgan fingerprint density at radius 3 is 2.75 bits per heavy atom. The number of benzene rings is 1. The Morgan fingerprint density at radius 1 is 1.35 bits per heavy atom. The molecule has 2 fully saturated rings. The fourth-order valence-corrected chi connectivity index (χ4v) is 3.72. The molecule has 3 atom stereocenters. The summed E-state index contributed by atoms with van der Waals surface area (Å²) in [6.45, 7) is 1.82. The van der Waals surface area contributed by atoms with Gasteiger partial charge in [0.25, 0.3) is 5.91 Å². The van der Waals surface area contributed by atoms with Gasteiger partial charge in [-0.3, -0.25) is 9.59 Å². The molecule has 1 aromatic rings. The van der Waals surface area contributed by atoms with E-state index in [1.807, 2.05) is 6.92 Å². The molecule has 1 N–H and O–H groups in total. The van der Waals surface area contributed by atoms with E-state index in [1.54, 1.807) is 23.1 Å². The van der Waals surface area contributed by atoms with Crippen LogP contribution in [-0.4, -0.2) is 34.0 Å². The number of amides is 1. The van der Waals surface area contributed by atoms with Crippen LogP contribution in [0, 0.1) is 12.8 Å². The number of halogens is 1. The predicted octanol–water partition coefficient (Wildman–Crippen LogP) is 2.73. The smallest absolute Gasteiger partial charge is 0.308 e. The number of carboxylic acids is 1. The summed E-state index contributed by atoms with van der Waals surface area (Å²) in [6.07, 6.45) is 2.26. The molecule has 0 radical (unpaired) electrons. The largest absolute Gasteiger partial charge is 0.481 e. The first-order chi connectivity index (χ1) is 9.50. The predicted molar refractivity (Wildman–Crippen MR) is 74.9 cm³/mol. The highest BCUT2D eigenvalue weighted by molar-refractivity contribution is 6.31. The average molecular weight is 294 g/mol. The number of carbonyl (C=O) groups excluding carboxylic acids is 1. The van der Waals surface area contributed by atoms with Gasteiger partial charge < -0.3 is 10.0 Å². The molecule has 3 rings (SSSR count). The van der Waals surface area contributed by atoms with Gasteiger partial charge in [0.1, 0.15) is 0 Å². The molecule has 0 saturated carbocycles. The minimum absolute atomic E-state index is 0.0620. The average Bonchev–Trinajstić information content (AvgIpc) is 2.98. The number of fused-ring (bicyclic) bond motifs is 2. The normalized spacial score (nSPS) is 27.9. The second-order valence-corrected chi connectivity index (χ2v) is 6.01. The van der Waals surface area contributed by atoms with E-state index < -0.39 is 11.9 Å². The molecular formula is C15H16ClNO3. The molecule has 20 heavy (non-hydrogen) atoms. The Bertz CT molecular complexity index is 586. The molecule has 4 nitrogen and oxygen atoms in total. The summed E-state index contributed by atoms with van der Waals surface area (Å²) in [5.74, 6) is -1.30. The Hall–Kier alpha value is -1.55. The maximum absolute atomic E-state index is 12.7. The molecule has 0 aromatic heterocycles. The number of aliphatic carboxylic acids is 1. The van der Waals surface area contributed by atoms with Crippen molar-refractivity contribution >= 4 is 23.5 Å². The lowest BCUT2D eigenvalue weighted by Gasteiger charge is -2.24. The standard InChI is InChI=1S/C15H16ClNO3/c1-8-10(3-2-4-12(8)16)14(18)17-9-5-6-13(17)11(7-9)15(19)20/h2-4,9,11,13H,5-7H2,1H3,(H,19,20). The number of carbonyl (C=O) groups is 2. The minimum atomic E-state index is -0.794. The highest BCUT2D eigenvalue weighted by Gasteiger charge is 2.51. The van der Waals surface area contributed by atoms with Crippen molar-refractivity contribution in [3.8, 4) is 0 Å². The Morgan fingerprint density at radius 2 is 2.10 bits per heavy atom. The highest BCUT2D eigenvalue weighted by atomic mass is 35.5. The molecule has 106 valence electrons. The lowest BCUT2D eigenvalue weighted by Crippen LogP contribution is -2.38. The topological polar surface area (TPSA) is 57.6 Å². The molecular weight excluding hydrogens is 278 g/mol. The number of hydrogen-bond donors (Lipinski definition) is 1. The van der Waals surface area contributed by atoms with E-state index in [1.165, 1.54) is 0 Å². The Balaban J connectivity index is 1.92. The van der Waals surface area contributed by atoms with Crippen molar-refractivity contribution in [3.63, 3.8) is 0 Å². The molecule has 2 heterocycles. The van der Waals surface area contributed by atoms with E-state index in [0.29, 0.717) is 17.0 Å². The van der Waals surface area contributed by atoms with Gasteiger partial charge in [0.15, 0.2) is 0 Å². The maximum Gasteiger partial charge on any atom is 0.308 e. The van der Waals surface area contributed by atoms with Crippen molar-refractivity contribution in [1.82, 2.24) is 4.90 Å². The van der Waals surface area contributed by atoms with Crippen LogP contribution >= 0.6 is 11.6 Å². The third-order valence-electron chi connectivity index (χ3n) is 4.59. The highest BCUT2D eigenvalue weighted by Crippen LogP contribution is 2.43. The Kier molecular flexibility index (Phi) is 3.21. The second-order valence-electron chi connectivity index (χ2n) is 5.60. The molecule has 2 bridgehead atoms. The third-order valence-corrected chi connectivity index (χ3v) is 5.00. The quantitative estimate of drug-likeness (QED) is 0.912. The van der Waals surface area contributed by atoms with Gasteiger partial charge >= 0.3 is 5.97 Å². The Labute approximate surface area is 122 Å². The SMILES string of the molecule is Cc1c(Cl)cccc1C(=O)N1C2CCC1C(C(=O)O)C2. The van der Waals surface area contributed by atoms with Crippen molar-refractivity contribution in [2.75, 3.05) is 0 Å². The monoisotopic (exact) mass is 293 g/mol. The van der Waals surface area contributed by atoms with Crippen molar-refractivity contribution < 1.29 is 14.7 Å². The van der Waals surface area contributed by atoms with E-state index in [2.05, 4.69) is 0 Å². The molecule has 3 unspecified atom stereocenters. The number of hydrogen-bond acceptors (Lipinski definition) is 2. The summed E-state index contributed by atoms with van der Waals surface area (Å²) >= 11 is 6.07. The molecule has 0 aliphatic carbocycles. The van der Waals surface area contributed by atoms with E-state index >= 15 is 0 Å². The first-order valence-electron chi connectivity index (χ1n) is 6.81. The van der Waals surface area contributed by atoms with Crippen LogP contribution in [0.2, 0.25) is 5.02 Å². The van der Waals surface area contributed by atoms with Gasteiger partial charge in [0, 0.05) is 22.7 Å². The first kappa shape index (κ1) is 13.4. The van der Waals surface area contributed by atoms with Gasteiger partial charge in [-0.1, -0.05) is 17.7 Å². The summed E-state index contributed by atoms with van der Waals surface area (Å²) in [5, 5.41) is 9.81. The summed E-state index contributed by atoms with van der Waals surface area (Å²) < 4.78 is 0. The van der Waals surface area contributed by atoms with Crippen LogP contribution in [0.25, 0.3) is 0 Å². The van der Waals surface area contributed by atoms with E-state index in [0.717, 1.165) is 18.4 Å². The van der Waals surface area contributed by atoms with E-state index in [-0.39, 0.29) is 18.0 Å². The summed E-state index contributed by atoms with van der Waals surface area (Å²) in [7, 11) is 0. The van der Waals surface area contributed by atoms with E-state index in [4.69, 9.17) is 11.6 Å². The molecule has 0 spiro atoms. The maximum atomic E-state index is 12.7. The van der Waals surface area contributed by atoms with Crippen LogP contribution in [0.15, 0.2) is 18.2 Å². The summed E-state index contributed by atoms with van der Waals surface area (Å²) in [4.78, 5) is 25.8. The fraction of sp³-hybridized carbons (Fsp3) is 0.467. The number of rotatable bonds is 2. The van der Waals surface area contributed by atoms with Crippen LogP contribution in [0.3, 0.4) is 0 Å². The molecule has 1 amide bonds. The second kappa shape index (κ2) is 4.77. The molecule has 5 heteroatoms. The van der Waals surface area contributed by atoms with E-state index in [9.17, 15) is 14.7 Å². The lowest BCUT2D eigenvalue weighted by atomic mass is 9.89. The lowest BCUT2D eigenvalue weighted by molar-refractivity contribution is -0.142. The summed E-state index contributed by atoms with van der Waals surface area (Å²) in [6, 6.07) is 5.17. The summed E-state index contributed by atoms with van der Waals surface area (Å²) in [5.41, 5.74) is 1.35. The van der Waals surface area contributed by atoms with Crippen LogP contribution in [0.5, 0.6) is 0 Å². The first-order valence-corrected chi connectivity index (χ1v) is 7.19. The zero-order valence-electron chi connectivity index (χ0n) is 11.2. The van der Waals surface area contributed by atoms with Gasteiger partial charge in [0.2, 0.25) is 0 Å².